The van der Waals surface area contributed by atoms with E-state index in [2.05, 4.69) is 16.0 Å². The lowest BCUT2D eigenvalue weighted by Gasteiger charge is -2.37. The van der Waals surface area contributed by atoms with E-state index in [4.69, 9.17) is 10.3 Å². The van der Waals surface area contributed by atoms with Gasteiger partial charge in [0.05, 0.1) is 12.1 Å². The molecule has 1 aromatic heterocycles. The number of anilines is 1. The first-order chi connectivity index (χ1) is 12.5. The highest BCUT2D eigenvalue weighted by Crippen LogP contribution is 2.40. The fraction of sp³-hybridized carbons (Fsp3) is 0.500. The molecule has 2 aliphatic heterocycles. The van der Waals surface area contributed by atoms with Crippen LogP contribution in [0.1, 0.15) is 38.3 Å². The molecule has 1 fully saturated rings. The third kappa shape index (κ3) is 2.93. The van der Waals surface area contributed by atoms with Crippen LogP contribution in [0.2, 0.25) is 0 Å². The van der Waals surface area contributed by atoms with Crippen molar-refractivity contribution in [3.8, 4) is 6.07 Å². The highest BCUT2D eigenvalue weighted by atomic mass is 16.3. The molecule has 1 aliphatic carbocycles. The summed E-state index contributed by atoms with van der Waals surface area (Å²) in [6.45, 7) is 3.98. The highest BCUT2D eigenvalue weighted by molar-refractivity contribution is 6.08. The van der Waals surface area contributed by atoms with E-state index in [0.29, 0.717) is 24.6 Å². The van der Waals surface area contributed by atoms with Crippen LogP contribution in [0.4, 0.5) is 5.82 Å². The maximum atomic E-state index is 11.9. The fourth-order valence-electron chi connectivity index (χ4n) is 4.47. The number of aromatic nitrogens is 1. The van der Waals surface area contributed by atoms with Crippen molar-refractivity contribution in [1.29, 1.82) is 5.26 Å². The lowest BCUT2D eigenvalue weighted by atomic mass is 9.74. The molecule has 6 nitrogen and oxygen atoms in total. The van der Waals surface area contributed by atoms with Gasteiger partial charge in [0.25, 0.3) is 0 Å². The standard InChI is InChI=1S/C20H22N4O2/c1-20(26)10-16(25)9-14-12-22-19(18(14)20)13-5-7-24(8-6-13)17-4-2-3-15(11-21)23-17/h2-4,13,26H,5-10,12H2,1H3. The molecule has 1 saturated heterocycles. The Morgan fingerprint density at radius 1 is 1.35 bits per heavy atom. The Morgan fingerprint density at radius 2 is 2.12 bits per heavy atom. The number of aliphatic hydroxyl groups is 1. The van der Waals surface area contributed by atoms with Crippen molar-refractivity contribution in [2.45, 2.75) is 38.2 Å². The largest absolute Gasteiger partial charge is 0.385 e. The highest BCUT2D eigenvalue weighted by Gasteiger charge is 2.43. The van der Waals surface area contributed by atoms with Gasteiger partial charge in [-0.1, -0.05) is 6.07 Å². The molecule has 3 heterocycles. The number of rotatable bonds is 2. The molecule has 1 N–H and O–H groups in total. The van der Waals surface area contributed by atoms with Crippen LogP contribution in [0.25, 0.3) is 0 Å². The molecule has 26 heavy (non-hydrogen) atoms. The summed E-state index contributed by atoms with van der Waals surface area (Å²) in [7, 11) is 0. The molecule has 6 heteroatoms. The van der Waals surface area contributed by atoms with Crippen molar-refractivity contribution in [2.24, 2.45) is 10.9 Å². The number of hydrogen-bond donors (Lipinski definition) is 1. The molecular formula is C20H22N4O2. The Morgan fingerprint density at radius 3 is 2.85 bits per heavy atom. The van der Waals surface area contributed by atoms with E-state index >= 15 is 0 Å². The molecular weight excluding hydrogens is 328 g/mol. The lowest BCUT2D eigenvalue weighted by Crippen LogP contribution is -2.42. The average Bonchev–Trinajstić information content (AvgIpc) is 3.06. The van der Waals surface area contributed by atoms with Crippen molar-refractivity contribution in [3.63, 3.8) is 0 Å². The predicted octanol–water partition coefficient (Wildman–Crippen LogP) is 2.03. The number of pyridine rings is 1. The second-order valence-electron chi connectivity index (χ2n) is 7.60. The molecule has 1 atom stereocenters. The Hall–Kier alpha value is -2.52. The van der Waals surface area contributed by atoms with Gasteiger partial charge in [-0.05, 0) is 37.5 Å². The molecule has 1 unspecified atom stereocenters. The van der Waals surface area contributed by atoms with E-state index < -0.39 is 5.60 Å². The van der Waals surface area contributed by atoms with Crippen LogP contribution in [-0.2, 0) is 4.79 Å². The van der Waals surface area contributed by atoms with Gasteiger partial charge in [-0.3, -0.25) is 9.79 Å². The summed E-state index contributed by atoms with van der Waals surface area (Å²) in [6, 6.07) is 7.60. The van der Waals surface area contributed by atoms with Crippen LogP contribution in [0, 0.1) is 17.2 Å². The van der Waals surface area contributed by atoms with Crippen LogP contribution < -0.4 is 4.90 Å². The average molecular weight is 350 g/mol. The van der Waals surface area contributed by atoms with Crippen LogP contribution in [-0.4, -0.2) is 46.8 Å². The van der Waals surface area contributed by atoms with Gasteiger partial charge in [0.15, 0.2) is 0 Å². The third-order valence-electron chi connectivity index (χ3n) is 5.60. The van der Waals surface area contributed by atoms with Crippen LogP contribution in [0.15, 0.2) is 34.3 Å². The lowest BCUT2D eigenvalue weighted by molar-refractivity contribution is -0.122. The number of hydrogen-bond acceptors (Lipinski definition) is 6. The number of ketones is 1. The van der Waals surface area contributed by atoms with Crippen LogP contribution in [0.3, 0.4) is 0 Å². The summed E-state index contributed by atoms with van der Waals surface area (Å²) in [5.74, 6) is 1.24. The Balaban J connectivity index is 1.49. The normalized spacial score (nSPS) is 26.6. The monoisotopic (exact) mass is 350 g/mol. The van der Waals surface area contributed by atoms with Gasteiger partial charge in [0.1, 0.15) is 23.4 Å². The second-order valence-corrected chi connectivity index (χ2v) is 7.60. The summed E-state index contributed by atoms with van der Waals surface area (Å²) < 4.78 is 0. The van der Waals surface area contributed by atoms with E-state index in [0.717, 1.165) is 48.6 Å². The van der Waals surface area contributed by atoms with Crippen molar-refractivity contribution < 1.29 is 9.90 Å². The zero-order valence-electron chi connectivity index (χ0n) is 14.9. The number of Topliss-reactive ketones (excluding diaryl/α,β-unsaturated/α-hetero) is 1. The van der Waals surface area contributed by atoms with Gasteiger partial charge < -0.3 is 10.0 Å². The molecule has 0 spiro atoms. The number of carbonyl (C=O) groups is 1. The maximum absolute atomic E-state index is 11.9. The number of aliphatic imine (C=N–C) groups is 1. The Labute approximate surface area is 152 Å². The summed E-state index contributed by atoms with van der Waals surface area (Å²) >= 11 is 0. The minimum atomic E-state index is -1.08. The number of piperidine rings is 1. The van der Waals surface area contributed by atoms with Crippen molar-refractivity contribution in [2.75, 3.05) is 24.5 Å². The fourth-order valence-corrected chi connectivity index (χ4v) is 4.47. The second kappa shape index (κ2) is 6.33. The molecule has 0 saturated carbocycles. The molecule has 0 amide bonds. The topological polar surface area (TPSA) is 89.6 Å². The Kier molecular flexibility index (Phi) is 4.12. The molecule has 0 bridgehead atoms. The molecule has 1 aromatic rings. The van der Waals surface area contributed by atoms with Gasteiger partial charge in [-0.2, -0.15) is 5.26 Å². The minimum absolute atomic E-state index is 0.100. The van der Waals surface area contributed by atoms with Crippen molar-refractivity contribution >= 4 is 17.3 Å². The van der Waals surface area contributed by atoms with Gasteiger partial charge in [-0.25, -0.2) is 4.98 Å². The minimum Gasteiger partial charge on any atom is -0.385 e. The van der Waals surface area contributed by atoms with Crippen molar-refractivity contribution in [3.05, 3.63) is 35.0 Å². The molecule has 134 valence electrons. The molecule has 3 aliphatic rings. The van der Waals surface area contributed by atoms with E-state index in [-0.39, 0.29) is 12.2 Å². The quantitative estimate of drug-likeness (QED) is 0.881. The van der Waals surface area contributed by atoms with Gasteiger partial charge in [0, 0.05) is 43.1 Å². The zero-order valence-corrected chi connectivity index (χ0v) is 14.9. The third-order valence-corrected chi connectivity index (χ3v) is 5.60. The van der Waals surface area contributed by atoms with Crippen molar-refractivity contribution in [1.82, 2.24) is 4.98 Å². The smallest absolute Gasteiger partial charge is 0.142 e. The first kappa shape index (κ1) is 16.9. The summed E-state index contributed by atoms with van der Waals surface area (Å²) in [6.07, 6.45) is 2.48. The maximum Gasteiger partial charge on any atom is 0.142 e. The van der Waals surface area contributed by atoms with E-state index in [1.54, 1.807) is 13.0 Å². The number of carbonyl (C=O) groups excluding carboxylic acids is 1. The van der Waals surface area contributed by atoms with Crippen LogP contribution in [0.5, 0.6) is 0 Å². The van der Waals surface area contributed by atoms with Gasteiger partial charge >= 0.3 is 0 Å². The summed E-state index contributed by atoms with van der Waals surface area (Å²) in [5, 5.41) is 19.8. The molecule has 0 radical (unpaired) electrons. The predicted molar refractivity (Wildman–Crippen MR) is 98.1 cm³/mol. The summed E-state index contributed by atoms with van der Waals surface area (Å²) in [4.78, 5) is 23.2. The van der Waals surface area contributed by atoms with E-state index in [9.17, 15) is 9.90 Å². The molecule has 4 rings (SSSR count). The van der Waals surface area contributed by atoms with E-state index in [1.807, 2.05) is 12.1 Å². The van der Waals surface area contributed by atoms with Gasteiger partial charge in [0.2, 0.25) is 0 Å². The number of nitriles is 1. The number of nitrogens with zero attached hydrogens (tertiary/aromatic N) is 4. The Bertz CT molecular complexity index is 855. The van der Waals surface area contributed by atoms with Gasteiger partial charge in [-0.15, -0.1) is 0 Å². The molecule has 0 aromatic carbocycles. The zero-order chi connectivity index (χ0) is 18.3. The summed E-state index contributed by atoms with van der Waals surface area (Å²) in [5.41, 5.74) is 2.30. The van der Waals surface area contributed by atoms with E-state index in [1.165, 1.54) is 0 Å². The first-order valence-electron chi connectivity index (χ1n) is 9.11. The van der Waals surface area contributed by atoms with Crippen LogP contribution >= 0.6 is 0 Å². The SMILES string of the molecule is CC1(O)CC(=O)CC2=C1C(C1CCN(c3cccc(C#N)n3)CC1)=NC2. The first-order valence-corrected chi connectivity index (χ1v) is 9.11.